The molecule has 2 N–H and O–H groups in total. The van der Waals surface area contributed by atoms with Gasteiger partial charge in [-0.1, -0.05) is 30.5 Å². The molecule has 0 amide bonds. The Morgan fingerprint density at radius 2 is 1.89 bits per heavy atom. The molecule has 2 fully saturated rings. The average Bonchev–Trinajstić information content (AvgIpc) is 2.39. The number of hydrogen-bond donors (Lipinski definition) is 1. The maximum absolute atomic E-state index is 6.37. The summed E-state index contributed by atoms with van der Waals surface area (Å²) in [5.41, 5.74) is 8.05. The third kappa shape index (κ3) is 2.07. The van der Waals surface area contributed by atoms with E-state index in [1.807, 2.05) is 18.2 Å². The van der Waals surface area contributed by atoms with E-state index >= 15 is 0 Å². The molecule has 2 nitrogen and oxygen atoms in total. The van der Waals surface area contributed by atoms with E-state index in [1.165, 1.54) is 38.5 Å². The number of para-hydroxylation sites is 1. The van der Waals surface area contributed by atoms with Gasteiger partial charge in [0.25, 0.3) is 0 Å². The minimum Gasteiger partial charge on any atom is -0.397 e. The maximum atomic E-state index is 6.37. The van der Waals surface area contributed by atoms with Gasteiger partial charge in [0.15, 0.2) is 0 Å². The van der Waals surface area contributed by atoms with Gasteiger partial charge in [-0.25, -0.2) is 0 Å². The summed E-state index contributed by atoms with van der Waals surface area (Å²) in [6, 6.07) is 6.52. The van der Waals surface area contributed by atoms with Crippen molar-refractivity contribution in [3.8, 4) is 0 Å². The molecule has 18 heavy (non-hydrogen) atoms. The van der Waals surface area contributed by atoms with Gasteiger partial charge in [-0.3, -0.25) is 0 Å². The van der Waals surface area contributed by atoms with E-state index in [0.29, 0.717) is 6.04 Å². The van der Waals surface area contributed by atoms with Crippen molar-refractivity contribution in [1.82, 2.24) is 0 Å². The van der Waals surface area contributed by atoms with Crippen LogP contribution in [0.15, 0.2) is 18.2 Å². The SMILES string of the molecule is Nc1cccc(Cl)c1N1CCCC2CCCCC21. The highest BCUT2D eigenvalue weighted by molar-refractivity contribution is 6.34. The number of nitrogen functional groups attached to an aromatic ring is 1. The summed E-state index contributed by atoms with van der Waals surface area (Å²) in [7, 11) is 0. The van der Waals surface area contributed by atoms with E-state index in [0.717, 1.165) is 28.9 Å². The first-order chi connectivity index (χ1) is 8.77. The van der Waals surface area contributed by atoms with E-state index in [2.05, 4.69) is 4.90 Å². The van der Waals surface area contributed by atoms with Crippen LogP contribution in [0.4, 0.5) is 11.4 Å². The lowest BCUT2D eigenvalue weighted by molar-refractivity contribution is 0.244. The number of nitrogens with two attached hydrogens (primary N) is 1. The van der Waals surface area contributed by atoms with Crippen LogP contribution >= 0.6 is 11.6 Å². The van der Waals surface area contributed by atoms with Crippen molar-refractivity contribution in [3.63, 3.8) is 0 Å². The Balaban J connectivity index is 1.94. The number of halogens is 1. The Kier molecular flexibility index (Phi) is 3.38. The molecular weight excluding hydrogens is 244 g/mol. The van der Waals surface area contributed by atoms with E-state index in [4.69, 9.17) is 17.3 Å². The summed E-state index contributed by atoms with van der Waals surface area (Å²) in [6.07, 6.45) is 8.08. The zero-order valence-electron chi connectivity index (χ0n) is 10.7. The first-order valence-corrected chi connectivity index (χ1v) is 7.46. The Hall–Kier alpha value is -0.890. The predicted octanol–water partition coefficient (Wildman–Crippen LogP) is 4.08. The lowest BCUT2D eigenvalue weighted by atomic mass is 9.78. The van der Waals surface area contributed by atoms with E-state index in [-0.39, 0.29) is 0 Å². The van der Waals surface area contributed by atoms with Crippen molar-refractivity contribution < 1.29 is 0 Å². The topological polar surface area (TPSA) is 29.3 Å². The van der Waals surface area contributed by atoms with Gasteiger partial charge in [0, 0.05) is 12.6 Å². The summed E-state index contributed by atoms with van der Waals surface area (Å²) in [5, 5.41) is 0.807. The van der Waals surface area contributed by atoms with Gasteiger partial charge in [-0.05, 0) is 43.7 Å². The minimum absolute atomic E-state index is 0.662. The summed E-state index contributed by atoms with van der Waals surface area (Å²) < 4.78 is 0. The third-order valence-corrected chi connectivity index (χ3v) is 4.85. The largest absolute Gasteiger partial charge is 0.397 e. The molecule has 1 heterocycles. The van der Waals surface area contributed by atoms with Gasteiger partial charge in [0.1, 0.15) is 0 Å². The molecule has 1 aromatic carbocycles. The molecule has 1 aliphatic heterocycles. The summed E-state index contributed by atoms with van der Waals surface area (Å²) in [6.45, 7) is 1.11. The predicted molar refractivity (Wildman–Crippen MR) is 78.2 cm³/mol. The molecule has 3 rings (SSSR count). The summed E-state index contributed by atoms with van der Waals surface area (Å²) >= 11 is 6.37. The van der Waals surface area contributed by atoms with Gasteiger partial charge in [-0.2, -0.15) is 0 Å². The Bertz CT molecular complexity index is 410. The molecule has 2 aliphatic rings. The second kappa shape index (κ2) is 5.00. The third-order valence-electron chi connectivity index (χ3n) is 4.55. The van der Waals surface area contributed by atoms with Crippen LogP contribution in [0, 0.1) is 5.92 Å². The van der Waals surface area contributed by atoms with E-state index < -0.39 is 0 Å². The molecule has 2 unspecified atom stereocenters. The fraction of sp³-hybridized carbons (Fsp3) is 0.600. The monoisotopic (exact) mass is 264 g/mol. The molecule has 1 aliphatic carbocycles. The molecule has 1 aromatic rings. The van der Waals surface area contributed by atoms with Crippen molar-refractivity contribution in [1.29, 1.82) is 0 Å². The summed E-state index contributed by atoms with van der Waals surface area (Å²) in [5.74, 6) is 0.850. The molecular formula is C15H21ClN2. The molecule has 98 valence electrons. The molecule has 1 saturated heterocycles. The Labute approximate surface area is 114 Å². The summed E-state index contributed by atoms with van der Waals surface area (Å²) in [4.78, 5) is 2.49. The first kappa shape index (κ1) is 12.2. The fourth-order valence-corrected chi connectivity index (χ4v) is 4.03. The fourth-order valence-electron chi connectivity index (χ4n) is 3.74. The second-order valence-electron chi connectivity index (χ2n) is 5.63. The molecule has 0 bridgehead atoms. The van der Waals surface area contributed by atoms with Crippen LogP contribution < -0.4 is 10.6 Å². The highest BCUT2D eigenvalue weighted by atomic mass is 35.5. The lowest BCUT2D eigenvalue weighted by Crippen LogP contribution is -2.47. The number of anilines is 2. The van der Waals surface area contributed by atoms with Gasteiger partial charge in [-0.15, -0.1) is 0 Å². The number of benzene rings is 1. The first-order valence-electron chi connectivity index (χ1n) is 7.08. The molecule has 0 radical (unpaired) electrons. The molecule has 0 spiro atoms. The number of rotatable bonds is 1. The Morgan fingerprint density at radius 3 is 2.72 bits per heavy atom. The van der Waals surface area contributed by atoms with Gasteiger partial charge in [0.2, 0.25) is 0 Å². The van der Waals surface area contributed by atoms with Crippen LogP contribution in [0.25, 0.3) is 0 Å². The van der Waals surface area contributed by atoms with E-state index in [1.54, 1.807) is 0 Å². The van der Waals surface area contributed by atoms with Crippen LogP contribution in [-0.2, 0) is 0 Å². The zero-order chi connectivity index (χ0) is 12.5. The number of nitrogens with zero attached hydrogens (tertiary/aromatic N) is 1. The smallest absolute Gasteiger partial charge is 0.0791 e. The van der Waals surface area contributed by atoms with Gasteiger partial charge in [0.05, 0.1) is 16.4 Å². The van der Waals surface area contributed by atoms with Gasteiger partial charge < -0.3 is 10.6 Å². The molecule has 2 atom stereocenters. The number of fused-ring (bicyclic) bond motifs is 1. The van der Waals surface area contributed by atoms with Crippen LogP contribution in [0.3, 0.4) is 0 Å². The highest BCUT2D eigenvalue weighted by Gasteiger charge is 2.34. The second-order valence-corrected chi connectivity index (χ2v) is 6.03. The van der Waals surface area contributed by atoms with Crippen molar-refractivity contribution >= 4 is 23.0 Å². The molecule has 1 saturated carbocycles. The highest BCUT2D eigenvalue weighted by Crippen LogP contribution is 2.42. The van der Waals surface area contributed by atoms with Crippen molar-refractivity contribution in [2.24, 2.45) is 5.92 Å². The number of piperidine rings is 1. The lowest BCUT2D eigenvalue weighted by Gasteiger charge is -2.46. The van der Waals surface area contributed by atoms with Crippen LogP contribution in [-0.4, -0.2) is 12.6 Å². The minimum atomic E-state index is 0.662. The molecule has 3 heteroatoms. The zero-order valence-corrected chi connectivity index (χ0v) is 11.5. The normalized spacial score (nSPS) is 27.9. The Morgan fingerprint density at radius 1 is 1.11 bits per heavy atom. The van der Waals surface area contributed by atoms with Crippen molar-refractivity contribution in [3.05, 3.63) is 23.2 Å². The van der Waals surface area contributed by atoms with Crippen molar-refractivity contribution in [2.75, 3.05) is 17.2 Å². The maximum Gasteiger partial charge on any atom is 0.0791 e. The van der Waals surface area contributed by atoms with Crippen LogP contribution in [0.5, 0.6) is 0 Å². The van der Waals surface area contributed by atoms with Gasteiger partial charge >= 0.3 is 0 Å². The molecule has 0 aromatic heterocycles. The average molecular weight is 265 g/mol. The van der Waals surface area contributed by atoms with Crippen molar-refractivity contribution in [2.45, 2.75) is 44.6 Å². The standard InChI is InChI=1S/C15H21ClN2/c16-12-7-3-8-13(17)15(12)18-10-4-6-11-5-1-2-9-14(11)18/h3,7-8,11,14H,1-2,4-6,9-10,17H2. The quantitative estimate of drug-likeness (QED) is 0.775. The number of hydrogen-bond acceptors (Lipinski definition) is 2. The van der Waals surface area contributed by atoms with Crippen LogP contribution in [0.1, 0.15) is 38.5 Å². The van der Waals surface area contributed by atoms with E-state index in [9.17, 15) is 0 Å². The van der Waals surface area contributed by atoms with Crippen LogP contribution in [0.2, 0.25) is 5.02 Å².